The first-order valence-electron chi connectivity index (χ1n) is 15.8. The fourth-order valence-corrected chi connectivity index (χ4v) is 5.18. The topological polar surface area (TPSA) is 24.9 Å². The summed E-state index contributed by atoms with van der Waals surface area (Å²) in [6.07, 6.45) is 26.8. The number of hydrogen-bond acceptors (Lipinski definition) is 4. The first-order valence-corrected chi connectivity index (χ1v) is 15.8. The monoisotopic (exact) mass is 514 g/mol. The highest BCUT2D eigenvalue weighted by Crippen LogP contribution is 2.44. The van der Waals surface area contributed by atoms with Crippen LogP contribution in [-0.4, -0.2) is 27.3 Å². The summed E-state index contributed by atoms with van der Waals surface area (Å²) >= 11 is 0. The van der Waals surface area contributed by atoms with Crippen LogP contribution in [0.2, 0.25) is 0 Å². The fraction of sp³-hybridized carbons (Fsp3) is 0.788. The Bertz CT molecular complexity index is 636. The van der Waals surface area contributed by atoms with Crippen LogP contribution in [0.4, 0.5) is 11.4 Å². The van der Waals surface area contributed by atoms with Crippen molar-refractivity contribution in [3.8, 4) is 11.5 Å². The third kappa shape index (κ3) is 13.2. The standard InChI is InChI=1S/C33H58N2O2/c1-5-7-9-11-13-15-17-19-21-23-25-36-32-27-30-31(35(4)29-34(30)3)28-33(32)37-26-24-22-20-18-16-14-12-10-8-6-2/h27-28H,5-26H2,1-4H3. The van der Waals surface area contributed by atoms with Crippen LogP contribution in [0.1, 0.15) is 142 Å². The molecule has 0 N–H and O–H groups in total. The number of rotatable bonds is 24. The molecule has 1 heterocycles. The van der Waals surface area contributed by atoms with Crippen molar-refractivity contribution in [1.29, 1.82) is 0 Å². The lowest BCUT2D eigenvalue weighted by molar-refractivity contribution is 0.258. The molecule has 0 atom stereocenters. The van der Waals surface area contributed by atoms with Gasteiger partial charge in [-0.2, -0.15) is 0 Å². The first kappa shape index (κ1) is 31.6. The van der Waals surface area contributed by atoms with Crippen LogP contribution in [0.3, 0.4) is 0 Å². The lowest BCUT2D eigenvalue weighted by Gasteiger charge is -2.17. The number of benzene rings is 1. The van der Waals surface area contributed by atoms with Gasteiger partial charge in [0.15, 0.2) is 11.5 Å². The highest BCUT2D eigenvalue weighted by molar-refractivity contribution is 5.81. The van der Waals surface area contributed by atoms with Gasteiger partial charge in [-0.25, -0.2) is 0 Å². The molecule has 0 aromatic heterocycles. The van der Waals surface area contributed by atoms with Crippen LogP contribution in [-0.2, 0) is 0 Å². The highest BCUT2D eigenvalue weighted by Gasteiger charge is 2.25. The smallest absolute Gasteiger partial charge is 0.208 e. The van der Waals surface area contributed by atoms with Gasteiger partial charge in [0.05, 0.1) is 24.6 Å². The molecule has 0 bridgehead atoms. The molecule has 2 rings (SSSR count). The van der Waals surface area contributed by atoms with Gasteiger partial charge in [-0.15, -0.1) is 0 Å². The zero-order chi connectivity index (χ0) is 26.6. The Kier molecular flexibility index (Phi) is 17.4. The maximum absolute atomic E-state index is 6.27. The molecule has 212 valence electrons. The van der Waals surface area contributed by atoms with E-state index in [2.05, 4.69) is 32.6 Å². The van der Waals surface area contributed by atoms with Gasteiger partial charge in [0, 0.05) is 26.2 Å². The molecule has 0 unspecified atom stereocenters. The normalized spacial score (nSPS) is 12.9. The minimum Gasteiger partial charge on any atom is -0.490 e. The molecule has 1 aromatic carbocycles. The van der Waals surface area contributed by atoms with Crippen LogP contribution in [0.15, 0.2) is 12.1 Å². The van der Waals surface area contributed by atoms with E-state index < -0.39 is 0 Å². The summed E-state index contributed by atoms with van der Waals surface area (Å²) in [5.74, 6) is 1.76. The van der Waals surface area contributed by atoms with Crippen LogP contribution in [0.5, 0.6) is 11.5 Å². The Balaban J connectivity index is 1.67. The summed E-state index contributed by atoms with van der Waals surface area (Å²) in [6.45, 7) is 9.41. The summed E-state index contributed by atoms with van der Waals surface area (Å²) in [6, 6.07) is 4.27. The molecule has 1 aliphatic rings. The average molecular weight is 515 g/mol. The second kappa shape index (κ2) is 20.4. The molecule has 2 radical (unpaired) electrons. The molecule has 1 aromatic rings. The summed E-state index contributed by atoms with van der Waals surface area (Å²) in [7, 11) is 4.08. The predicted molar refractivity (Wildman–Crippen MR) is 161 cm³/mol. The molecule has 4 heteroatoms. The van der Waals surface area contributed by atoms with Gasteiger partial charge in [0.1, 0.15) is 0 Å². The molecule has 0 spiro atoms. The average Bonchev–Trinajstić information content (AvgIpc) is 3.17. The SMILES string of the molecule is CCCCCCCCCCCCOc1cc2c(cc1OCCCCCCCCCCCC)N(C)[C]N2C. The maximum Gasteiger partial charge on any atom is 0.208 e. The largest absolute Gasteiger partial charge is 0.490 e. The molecule has 37 heavy (non-hydrogen) atoms. The third-order valence-electron chi connectivity index (χ3n) is 7.57. The number of nitrogens with zero attached hydrogens (tertiary/aromatic N) is 2. The van der Waals surface area contributed by atoms with E-state index in [-0.39, 0.29) is 0 Å². The number of hydrogen-bond donors (Lipinski definition) is 0. The quantitative estimate of drug-likeness (QED) is 0.128. The third-order valence-corrected chi connectivity index (χ3v) is 7.57. The second-order valence-corrected chi connectivity index (χ2v) is 11.1. The maximum atomic E-state index is 6.27. The van der Waals surface area contributed by atoms with E-state index in [1.165, 1.54) is 116 Å². The molecule has 1 aliphatic heterocycles. The molecule has 0 amide bonds. The van der Waals surface area contributed by atoms with Gasteiger partial charge < -0.3 is 19.3 Å². The van der Waals surface area contributed by atoms with Crippen LogP contribution in [0.25, 0.3) is 0 Å². The van der Waals surface area contributed by atoms with Crippen molar-refractivity contribution in [2.24, 2.45) is 0 Å². The van der Waals surface area contributed by atoms with Gasteiger partial charge in [-0.05, 0) is 12.8 Å². The van der Waals surface area contributed by atoms with Crippen LogP contribution >= 0.6 is 0 Å². The van der Waals surface area contributed by atoms with Crippen molar-refractivity contribution in [3.05, 3.63) is 18.8 Å². The molecular weight excluding hydrogens is 456 g/mol. The Hall–Kier alpha value is -1.58. The van der Waals surface area contributed by atoms with Crippen molar-refractivity contribution in [2.45, 2.75) is 142 Å². The molecule has 0 saturated heterocycles. The number of unbranched alkanes of at least 4 members (excludes halogenated alkanes) is 18. The van der Waals surface area contributed by atoms with Crippen LogP contribution in [0, 0.1) is 6.67 Å². The van der Waals surface area contributed by atoms with E-state index in [9.17, 15) is 0 Å². The highest BCUT2D eigenvalue weighted by atomic mass is 16.5. The summed E-state index contributed by atoms with van der Waals surface area (Å²) < 4.78 is 12.5. The molecular formula is C33H58N2O2. The summed E-state index contributed by atoms with van der Waals surface area (Å²) in [5.41, 5.74) is 2.26. The first-order chi connectivity index (χ1) is 18.2. The van der Waals surface area contributed by atoms with Crippen molar-refractivity contribution in [1.82, 2.24) is 0 Å². The van der Waals surface area contributed by atoms with E-state index in [1.54, 1.807) is 0 Å². The van der Waals surface area contributed by atoms with E-state index in [0.29, 0.717) is 0 Å². The Labute approximate surface area is 230 Å². The van der Waals surface area contributed by atoms with Crippen molar-refractivity contribution in [2.75, 3.05) is 37.1 Å². The number of anilines is 2. The molecule has 0 saturated carbocycles. The Morgan fingerprint density at radius 3 is 1.11 bits per heavy atom. The van der Waals surface area contributed by atoms with E-state index in [4.69, 9.17) is 9.47 Å². The minimum atomic E-state index is 0.761. The lowest BCUT2D eigenvalue weighted by Crippen LogP contribution is -2.16. The predicted octanol–water partition coefficient (Wildman–Crippen LogP) is 10.2. The summed E-state index contributed by atoms with van der Waals surface area (Å²) in [5, 5.41) is 0. The van der Waals surface area contributed by atoms with Gasteiger partial charge in [-0.3, -0.25) is 0 Å². The molecule has 0 fully saturated rings. The van der Waals surface area contributed by atoms with Crippen molar-refractivity contribution < 1.29 is 9.47 Å². The zero-order valence-corrected chi connectivity index (χ0v) is 24.9. The summed E-state index contributed by atoms with van der Waals surface area (Å²) in [4.78, 5) is 4.07. The molecule has 4 nitrogen and oxygen atoms in total. The number of fused-ring (bicyclic) bond motifs is 1. The Morgan fingerprint density at radius 2 is 0.784 bits per heavy atom. The second-order valence-electron chi connectivity index (χ2n) is 11.1. The zero-order valence-electron chi connectivity index (χ0n) is 24.9. The fourth-order valence-electron chi connectivity index (χ4n) is 5.18. The lowest BCUT2D eigenvalue weighted by atomic mass is 10.1. The van der Waals surface area contributed by atoms with E-state index in [1.807, 2.05) is 23.9 Å². The van der Waals surface area contributed by atoms with Gasteiger partial charge in [0.2, 0.25) is 6.67 Å². The van der Waals surface area contributed by atoms with Crippen molar-refractivity contribution in [3.63, 3.8) is 0 Å². The molecule has 0 aliphatic carbocycles. The van der Waals surface area contributed by atoms with E-state index in [0.717, 1.165) is 48.9 Å². The number of ether oxygens (including phenoxy) is 2. The van der Waals surface area contributed by atoms with Gasteiger partial charge in [-0.1, -0.05) is 129 Å². The van der Waals surface area contributed by atoms with Crippen LogP contribution < -0.4 is 19.3 Å². The van der Waals surface area contributed by atoms with E-state index >= 15 is 0 Å². The Morgan fingerprint density at radius 1 is 0.486 bits per heavy atom. The van der Waals surface area contributed by atoms with Gasteiger partial charge in [0.25, 0.3) is 0 Å². The minimum absolute atomic E-state index is 0.761. The van der Waals surface area contributed by atoms with Crippen molar-refractivity contribution >= 4 is 11.4 Å². The van der Waals surface area contributed by atoms with Gasteiger partial charge >= 0.3 is 0 Å².